The molecule has 1 aliphatic rings. The van der Waals surface area contributed by atoms with Crippen LogP contribution >= 0.6 is 15.9 Å². The monoisotopic (exact) mass is 271 g/mol. The molecule has 0 spiro atoms. The van der Waals surface area contributed by atoms with E-state index in [0.717, 1.165) is 4.47 Å². The lowest BCUT2D eigenvalue weighted by molar-refractivity contribution is 0.490. The Morgan fingerprint density at radius 3 is 2.67 bits per heavy atom. The highest BCUT2D eigenvalue weighted by Gasteiger charge is 2.42. The van der Waals surface area contributed by atoms with Crippen LogP contribution in [0.2, 0.25) is 0 Å². The van der Waals surface area contributed by atoms with E-state index >= 15 is 0 Å². The van der Waals surface area contributed by atoms with Crippen molar-refractivity contribution in [3.63, 3.8) is 0 Å². The maximum atomic E-state index is 13.5. The Bertz CT molecular complexity index is 374. The summed E-state index contributed by atoms with van der Waals surface area (Å²) in [6, 6.07) is 5.45. The van der Waals surface area contributed by atoms with Gasteiger partial charge in [0.15, 0.2) is 0 Å². The molecule has 3 heteroatoms. The van der Waals surface area contributed by atoms with Crippen molar-refractivity contribution in [3.8, 4) is 0 Å². The van der Waals surface area contributed by atoms with Gasteiger partial charge in [0, 0.05) is 10.5 Å². The Morgan fingerprint density at radius 2 is 2.13 bits per heavy atom. The lowest BCUT2D eigenvalue weighted by atomic mass is 10.0. The first-order valence-electron chi connectivity index (χ1n) is 5.23. The van der Waals surface area contributed by atoms with E-state index in [1.807, 2.05) is 6.07 Å². The average molecular weight is 272 g/mol. The van der Waals surface area contributed by atoms with Crippen molar-refractivity contribution in [2.75, 3.05) is 5.32 Å². The van der Waals surface area contributed by atoms with E-state index in [0.29, 0.717) is 17.1 Å². The second kappa shape index (κ2) is 3.78. The molecule has 0 aliphatic heterocycles. The van der Waals surface area contributed by atoms with Gasteiger partial charge in [-0.1, -0.05) is 22.9 Å². The summed E-state index contributed by atoms with van der Waals surface area (Å²) in [6.45, 7) is 4.36. The van der Waals surface area contributed by atoms with Crippen LogP contribution in [0.25, 0.3) is 0 Å². The van der Waals surface area contributed by atoms with E-state index in [4.69, 9.17) is 0 Å². The van der Waals surface area contributed by atoms with Gasteiger partial charge < -0.3 is 5.32 Å². The highest BCUT2D eigenvalue weighted by atomic mass is 79.9. The second-order valence-electron chi connectivity index (χ2n) is 4.64. The van der Waals surface area contributed by atoms with E-state index in [9.17, 15) is 4.39 Å². The molecule has 0 saturated heterocycles. The molecule has 1 unspecified atom stereocenters. The smallest absolute Gasteiger partial charge is 0.147 e. The van der Waals surface area contributed by atoms with Crippen LogP contribution in [0.5, 0.6) is 0 Å². The highest BCUT2D eigenvalue weighted by Crippen LogP contribution is 2.48. The van der Waals surface area contributed by atoms with Gasteiger partial charge in [0.1, 0.15) is 5.82 Å². The SMILES string of the molecule is CC(Nc1ccc(Br)cc1F)C1(C)CC1. The van der Waals surface area contributed by atoms with Crippen LogP contribution in [0.4, 0.5) is 10.1 Å². The van der Waals surface area contributed by atoms with Gasteiger partial charge in [0.05, 0.1) is 5.69 Å². The molecule has 0 bridgehead atoms. The van der Waals surface area contributed by atoms with Gasteiger partial charge in [-0.2, -0.15) is 0 Å². The number of hydrogen-bond donors (Lipinski definition) is 1. The maximum Gasteiger partial charge on any atom is 0.147 e. The number of benzene rings is 1. The third kappa shape index (κ3) is 2.33. The fraction of sp³-hybridized carbons (Fsp3) is 0.500. The zero-order chi connectivity index (χ0) is 11.1. The highest BCUT2D eigenvalue weighted by molar-refractivity contribution is 9.10. The molecule has 0 heterocycles. The lowest BCUT2D eigenvalue weighted by Crippen LogP contribution is -2.25. The number of hydrogen-bond acceptors (Lipinski definition) is 1. The molecule has 1 aromatic carbocycles. The quantitative estimate of drug-likeness (QED) is 0.870. The van der Waals surface area contributed by atoms with Crippen molar-refractivity contribution in [1.29, 1.82) is 0 Å². The average Bonchev–Trinajstić information content (AvgIpc) is 2.90. The molecule has 1 atom stereocenters. The largest absolute Gasteiger partial charge is 0.380 e. The molecular formula is C12H15BrFN. The predicted octanol–water partition coefficient (Wildman–Crippen LogP) is 4.19. The Morgan fingerprint density at radius 1 is 1.47 bits per heavy atom. The topological polar surface area (TPSA) is 12.0 Å². The van der Waals surface area contributed by atoms with Crippen LogP contribution < -0.4 is 5.32 Å². The molecule has 1 nitrogen and oxygen atoms in total. The van der Waals surface area contributed by atoms with Crippen molar-refractivity contribution in [2.24, 2.45) is 5.41 Å². The Kier molecular flexibility index (Phi) is 2.75. The van der Waals surface area contributed by atoms with Gasteiger partial charge in [-0.25, -0.2) is 4.39 Å². The third-order valence-corrected chi connectivity index (χ3v) is 3.88. The van der Waals surface area contributed by atoms with Crippen LogP contribution in [-0.4, -0.2) is 6.04 Å². The summed E-state index contributed by atoms with van der Waals surface area (Å²) in [5.41, 5.74) is 0.957. The van der Waals surface area contributed by atoms with Gasteiger partial charge >= 0.3 is 0 Å². The standard InChI is InChI=1S/C12H15BrFN/c1-8(12(2)5-6-12)15-11-4-3-9(13)7-10(11)14/h3-4,7-8,15H,5-6H2,1-2H3. The third-order valence-electron chi connectivity index (χ3n) is 3.39. The van der Waals surface area contributed by atoms with Crippen LogP contribution in [0.1, 0.15) is 26.7 Å². The summed E-state index contributed by atoms with van der Waals surface area (Å²) in [5.74, 6) is -0.194. The van der Waals surface area contributed by atoms with Gasteiger partial charge in [-0.3, -0.25) is 0 Å². The normalized spacial score (nSPS) is 19.7. The van der Waals surface area contributed by atoms with Crippen LogP contribution in [0.3, 0.4) is 0 Å². The summed E-state index contributed by atoms with van der Waals surface area (Å²) < 4.78 is 14.3. The molecule has 1 N–H and O–H groups in total. The minimum absolute atomic E-state index is 0.194. The van der Waals surface area contributed by atoms with Gasteiger partial charge in [0.2, 0.25) is 0 Å². The molecule has 0 radical (unpaired) electrons. The first-order valence-corrected chi connectivity index (χ1v) is 6.02. The fourth-order valence-corrected chi connectivity index (χ4v) is 1.98. The summed E-state index contributed by atoms with van der Waals surface area (Å²) in [4.78, 5) is 0. The van der Waals surface area contributed by atoms with E-state index in [1.165, 1.54) is 18.9 Å². The Labute approximate surface area is 98.2 Å². The minimum Gasteiger partial charge on any atom is -0.380 e. The van der Waals surface area contributed by atoms with Crippen molar-refractivity contribution in [2.45, 2.75) is 32.7 Å². The van der Waals surface area contributed by atoms with Crippen LogP contribution in [0, 0.1) is 11.2 Å². The fourth-order valence-electron chi connectivity index (χ4n) is 1.64. The zero-order valence-corrected chi connectivity index (χ0v) is 10.6. The summed E-state index contributed by atoms with van der Waals surface area (Å²) in [6.07, 6.45) is 2.47. The van der Waals surface area contributed by atoms with Crippen molar-refractivity contribution in [1.82, 2.24) is 0 Å². The van der Waals surface area contributed by atoms with E-state index in [-0.39, 0.29) is 5.82 Å². The second-order valence-corrected chi connectivity index (χ2v) is 5.56. The number of nitrogens with one attached hydrogen (secondary N) is 1. The minimum atomic E-state index is -0.194. The van der Waals surface area contributed by atoms with E-state index in [1.54, 1.807) is 6.07 Å². The van der Waals surface area contributed by atoms with Gasteiger partial charge in [-0.05, 0) is 43.4 Å². The Balaban J connectivity index is 2.10. The molecule has 15 heavy (non-hydrogen) atoms. The first kappa shape index (κ1) is 10.9. The molecule has 1 fully saturated rings. The summed E-state index contributed by atoms with van der Waals surface area (Å²) >= 11 is 3.25. The molecule has 0 aromatic heterocycles. The number of anilines is 1. The molecule has 1 aliphatic carbocycles. The number of halogens is 2. The zero-order valence-electron chi connectivity index (χ0n) is 8.98. The first-order chi connectivity index (χ1) is 7.01. The van der Waals surface area contributed by atoms with Crippen LogP contribution in [0.15, 0.2) is 22.7 Å². The Hall–Kier alpha value is -0.570. The summed E-state index contributed by atoms with van der Waals surface area (Å²) in [7, 11) is 0. The molecular weight excluding hydrogens is 257 g/mol. The van der Waals surface area contributed by atoms with Gasteiger partial charge in [-0.15, -0.1) is 0 Å². The van der Waals surface area contributed by atoms with E-state index in [2.05, 4.69) is 35.1 Å². The molecule has 2 rings (SSSR count). The molecule has 1 saturated carbocycles. The van der Waals surface area contributed by atoms with Crippen molar-refractivity contribution in [3.05, 3.63) is 28.5 Å². The number of rotatable bonds is 3. The van der Waals surface area contributed by atoms with Crippen LogP contribution in [-0.2, 0) is 0 Å². The van der Waals surface area contributed by atoms with Crippen molar-refractivity contribution >= 4 is 21.6 Å². The summed E-state index contributed by atoms with van der Waals surface area (Å²) in [5, 5.41) is 3.24. The van der Waals surface area contributed by atoms with E-state index < -0.39 is 0 Å². The maximum absolute atomic E-state index is 13.5. The van der Waals surface area contributed by atoms with Gasteiger partial charge in [0.25, 0.3) is 0 Å². The predicted molar refractivity (Wildman–Crippen MR) is 64.5 cm³/mol. The molecule has 0 amide bonds. The molecule has 82 valence electrons. The lowest BCUT2D eigenvalue weighted by Gasteiger charge is -2.21. The van der Waals surface area contributed by atoms with Crippen molar-refractivity contribution < 1.29 is 4.39 Å². The molecule has 1 aromatic rings.